The van der Waals surface area contributed by atoms with Crippen LogP contribution in [0.25, 0.3) is 0 Å². The maximum Gasteiger partial charge on any atom is 0.335 e. The van der Waals surface area contributed by atoms with Crippen LogP contribution in [0.2, 0.25) is 0 Å². The average molecular weight is 1050 g/mol. The fraction of sp³-hybridized carbons (Fsp3) is 0.974. The largest absolute Gasteiger partial charge is 0.479 e. The zero-order valence-corrected chi connectivity index (χ0v) is 37.2. The van der Waals surface area contributed by atoms with Crippen LogP contribution in [0, 0.1) is 0 Å². The molecule has 414 valence electrons. The molecule has 0 unspecified atom stereocenters. The van der Waals surface area contributed by atoms with E-state index in [4.69, 9.17) is 62.6 Å². The number of ether oxygens (including phenoxy) is 12. The van der Waals surface area contributed by atoms with Gasteiger partial charge in [-0.25, -0.2) is 4.79 Å². The molecule has 33 nitrogen and oxygen atoms in total. The average Bonchev–Trinajstić information content (AvgIpc) is 3.35. The van der Waals surface area contributed by atoms with Gasteiger partial charge in [-0.1, -0.05) is 0 Å². The molecule has 6 aliphatic heterocycles. The molecule has 6 rings (SSSR count). The number of carboxylic acids is 1. The lowest BCUT2D eigenvalue weighted by molar-refractivity contribution is -0.393. The summed E-state index contributed by atoms with van der Waals surface area (Å²) in [5.74, 6) is -1.91. The predicted octanol–water partition coefficient (Wildman–Crippen LogP) is -14.0. The molecule has 21 N–H and O–H groups in total. The number of carbonyl (C=O) groups is 1. The van der Waals surface area contributed by atoms with Crippen molar-refractivity contribution in [3.8, 4) is 0 Å². The third-order valence-corrected chi connectivity index (χ3v) is 12.8. The molecule has 71 heavy (non-hydrogen) atoms. The third-order valence-electron chi connectivity index (χ3n) is 12.8. The first kappa shape index (κ1) is 58.5. The Morgan fingerprint density at radius 1 is 0.352 bits per heavy atom. The van der Waals surface area contributed by atoms with Crippen molar-refractivity contribution in [2.75, 3.05) is 46.2 Å². The molecule has 0 spiro atoms. The highest BCUT2D eigenvalue weighted by atomic mass is 16.8. The van der Waals surface area contributed by atoms with Crippen LogP contribution < -0.4 is 5.73 Å². The first-order chi connectivity index (χ1) is 33.7. The van der Waals surface area contributed by atoms with Crippen LogP contribution in [0.3, 0.4) is 0 Å². The lowest BCUT2D eigenvalue weighted by Crippen LogP contribution is -2.68. The van der Waals surface area contributed by atoms with Gasteiger partial charge in [0.15, 0.2) is 43.8 Å². The summed E-state index contributed by atoms with van der Waals surface area (Å²) in [6.45, 7) is -4.87. The number of nitrogens with two attached hydrogens (primary N) is 1. The highest BCUT2D eigenvalue weighted by molar-refractivity contribution is 5.73. The summed E-state index contributed by atoms with van der Waals surface area (Å²) in [6, 6.07) is 0. The van der Waals surface area contributed by atoms with Crippen LogP contribution in [-0.4, -0.2) is 333 Å². The lowest BCUT2D eigenvalue weighted by Gasteiger charge is -2.49. The Bertz CT molecular complexity index is 1640. The minimum Gasteiger partial charge on any atom is -0.479 e. The molecular weight excluding hydrogens is 982 g/mol. The number of hydrogen-bond donors (Lipinski definition) is 20. The Hall–Kier alpha value is -1.77. The molecule has 0 radical (unpaired) electrons. The van der Waals surface area contributed by atoms with Gasteiger partial charge >= 0.3 is 5.97 Å². The minimum absolute atomic E-state index is 0.0190. The van der Waals surface area contributed by atoms with Crippen LogP contribution in [-0.2, 0) is 61.6 Å². The first-order valence-electron chi connectivity index (χ1n) is 22.3. The molecule has 0 bridgehead atoms. The summed E-state index contributed by atoms with van der Waals surface area (Å²) in [5, 5.41) is 201. The second kappa shape index (κ2) is 25.4. The van der Waals surface area contributed by atoms with Gasteiger partial charge in [0.1, 0.15) is 140 Å². The normalized spacial score (nSPS) is 51.0. The highest BCUT2D eigenvalue weighted by Gasteiger charge is 2.58. The summed E-state index contributed by atoms with van der Waals surface area (Å²) < 4.78 is 65.8. The topological polar surface area (TPSA) is 538 Å². The van der Waals surface area contributed by atoms with Gasteiger partial charge in [0.25, 0.3) is 0 Å². The molecular formula is C38H65NO32. The van der Waals surface area contributed by atoms with Crippen molar-refractivity contribution < 1.29 is 159 Å². The van der Waals surface area contributed by atoms with Crippen LogP contribution in [0.5, 0.6) is 0 Å². The van der Waals surface area contributed by atoms with E-state index in [-0.39, 0.29) is 13.2 Å². The van der Waals surface area contributed by atoms with Crippen LogP contribution in [0.15, 0.2) is 0 Å². The van der Waals surface area contributed by atoms with Crippen molar-refractivity contribution in [3.63, 3.8) is 0 Å². The molecule has 0 aliphatic carbocycles. The Kier molecular flexibility index (Phi) is 20.9. The van der Waals surface area contributed by atoms with E-state index in [1.54, 1.807) is 0 Å². The molecule has 6 heterocycles. The van der Waals surface area contributed by atoms with E-state index in [0.29, 0.717) is 0 Å². The maximum absolute atomic E-state index is 12.5. The standard InChI is InChI=1S/C38H65NO32/c39-1-2-60-33-21(53)15(47)26(9(4-41)62-33)67-35-22(54)16(48)28(10(5-42)63-35)68-36-23(55)17(49)29(12(7-44)64-36)69-38-25(57)19(51)30(31(71-38)32(58)59)70-37-24(56)18(50)27(11(6-43)65-37)66-34-20(52)14(46)13(45)8(3-40)61-34/h8-31,33-38,40-57H,1-7,39H2,(H,58,59)/t8-,9-,10-,11-,12-,13-,14+,15-,16-,17-,18-,19-,20-,21-,22-,23-,24-,25-,26+,27+,28-,29-,30+,31+,33+,34+,35-,36+,37-,38-/m1/s1. The number of rotatable bonds is 19. The minimum atomic E-state index is -2.36. The van der Waals surface area contributed by atoms with Gasteiger partial charge in [-0.3, -0.25) is 0 Å². The summed E-state index contributed by atoms with van der Waals surface area (Å²) in [4.78, 5) is 12.5. The van der Waals surface area contributed by atoms with Crippen LogP contribution in [0.1, 0.15) is 0 Å². The fourth-order valence-corrected chi connectivity index (χ4v) is 8.80. The monoisotopic (exact) mass is 1050 g/mol. The number of aliphatic hydroxyl groups excluding tert-OH is 18. The number of hydrogen-bond acceptors (Lipinski definition) is 32. The van der Waals surface area contributed by atoms with Gasteiger partial charge in [0.2, 0.25) is 0 Å². The van der Waals surface area contributed by atoms with Gasteiger partial charge in [0, 0.05) is 6.54 Å². The molecule has 0 saturated carbocycles. The first-order valence-corrected chi connectivity index (χ1v) is 22.3. The lowest BCUT2D eigenvalue weighted by atomic mass is 9.95. The highest BCUT2D eigenvalue weighted by Crippen LogP contribution is 2.37. The quantitative estimate of drug-likeness (QED) is 0.0571. The molecule has 0 aromatic heterocycles. The molecule has 33 heteroatoms. The number of aliphatic carboxylic acids is 1. The van der Waals surface area contributed by atoms with Gasteiger partial charge < -0.3 is 160 Å². The van der Waals surface area contributed by atoms with E-state index in [9.17, 15) is 102 Å². The summed E-state index contributed by atoms with van der Waals surface area (Å²) in [6.07, 6.45) is -58.6. The van der Waals surface area contributed by atoms with E-state index in [1.807, 2.05) is 0 Å². The van der Waals surface area contributed by atoms with E-state index < -0.39 is 223 Å². The van der Waals surface area contributed by atoms with E-state index in [0.717, 1.165) is 0 Å². The summed E-state index contributed by atoms with van der Waals surface area (Å²) in [5.41, 5.74) is 5.40. The van der Waals surface area contributed by atoms with Crippen molar-refractivity contribution in [2.24, 2.45) is 5.73 Å². The zero-order valence-electron chi connectivity index (χ0n) is 37.2. The number of carboxylic acid groups (broad SMARTS) is 1. The van der Waals surface area contributed by atoms with Crippen molar-refractivity contribution in [2.45, 2.75) is 184 Å². The van der Waals surface area contributed by atoms with Crippen molar-refractivity contribution in [3.05, 3.63) is 0 Å². The van der Waals surface area contributed by atoms with Crippen molar-refractivity contribution in [1.29, 1.82) is 0 Å². The van der Waals surface area contributed by atoms with Gasteiger partial charge in [0.05, 0.1) is 39.6 Å². The van der Waals surface area contributed by atoms with Gasteiger partial charge in [-0.2, -0.15) is 0 Å². The molecule has 0 aromatic rings. The van der Waals surface area contributed by atoms with Crippen molar-refractivity contribution in [1.82, 2.24) is 0 Å². The van der Waals surface area contributed by atoms with Crippen molar-refractivity contribution >= 4 is 5.97 Å². The maximum atomic E-state index is 12.5. The van der Waals surface area contributed by atoms with E-state index >= 15 is 0 Å². The van der Waals surface area contributed by atoms with Gasteiger partial charge in [-0.05, 0) is 0 Å². The molecule has 30 atom stereocenters. The predicted molar refractivity (Wildman–Crippen MR) is 212 cm³/mol. The smallest absolute Gasteiger partial charge is 0.335 e. The molecule has 0 amide bonds. The van der Waals surface area contributed by atoms with Crippen LogP contribution >= 0.6 is 0 Å². The third kappa shape index (κ3) is 12.3. The Morgan fingerprint density at radius 3 is 0.944 bits per heavy atom. The molecule has 6 saturated heterocycles. The Balaban J connectivity index is 1.08. The summed E-state index contributed by atoms with van der Waals surface area (Å²) >= 11 is 0. The fourth-order valence-electron chi connectivity index (χ4n) is 8.80. The molecule has 0 aromatic carbocycles. The second-order valence-corrected chi connectivity index (χ2v) is 17.4. The Morgan fingerprint density at radius 2 is 0.620 bits per heavy atom. The second-order valence-electron chi connectivity index (χ2n) is 17.4. The van der Waals surface area contributed by atoms with Crippen LogP contribution in [0.4, 0.5) is 0 Å². The SMILES string of the molecule is NCCO[C@H]1O[C@H](CO)[C@H](O[C@H]2O[C@H](CO)[C@@H](O[C@@H]3O[C@H](CO)[C@@H](O[C@@H]4O[C@H](C(=O)O)[C@@H](O[C@H]5O[C@H](CO)[C@H](O[C@@H]6O[C@H](CO)[C@@H](O)[C@H](O)[C@H]6O)[C@H](O)[C@H]5O)[C@H](O)[C@H]4O)[C@H](O)[C@H]3O)[C@H](O)[C@H]2O)[C@H](O)[C@H]1O. The number of aliphatic hydroxyl groups is 18. The van der Waals surface area contributed by atoms with E-state index in [2.05, 4.69) is 0 Å². The molecule has 6 aliphatic rings. The Labute approximate surface area is 400 Å². The zero-order chi connectivity index (χ0) is 52.3. The molecule has 6 fully saturated rings. The summed E-state index contributed by atoms with van der Waals surface area (Å²) in [7, 11) is 0. The van der Waals surface area contributed by atoms with E-state index in [1.165, 1.54) is 0 Å². The van der Waals surface area contributed by atoms with Gasteiger partial charge in [-0.15, -0.1) is 0 Å².